The molecule has 2 heterocycles. The Morgan fingerprint density at radius 3 is 2.34 bits per heavy atom. The lowest BCUT2D eigenvalue weighted by atomic mass is 10.2. The number of azo groups is 1. The van der Waals surface area contributed by atoms with E-state index in [9.17, 15) is 9.90 Å². The molecular formula is C20H16Cl2N8O2. The predicted molar refractivity (Wildman–Crippen MR) is 121 cm³/mol. The summed E-state index contributed by atoms with van der Waals surface area (Å²) < 4.78 is 1.35. The molecule has 4 rings (SSSR count). The van der Waals surface area contributed by atoms with E-state index in [0.717, 1.165) is 5.56 Å². The summed E-state index contributed by atoms with van der Waals surface area (Å²) >= 11 is 11.6. The Hall–Kier alpha value is -3.76. The molecule has 0 saturated carbocycles. The second-order valence-corrected chi connectivity index (χ2v) is 7.46. The van der Waals surface area contributed by atoms with Gasteiger partial charge in [-0.25, -0.2) is 4.68 Å². The van der Waals surface area contributed by atoms with Crippen molar-refractivity contribution in [3.05, 3.63) is 74.6 Å². The van der Waals surface area contributed by atoms with Crippen LogP contribution in [0.25, 0.3) is 5.69 Å². The van der Waals surface area contributed by atoms with E-state index in [0.29, 0.717) is 17.1 Å². The highest BCUT2D eigenvalue weighted by Gasteiger charge is 2.13. The van der Waals surface area contributed by atoms with E-state index in [2.05, 4.69) is 35.6 Å². The summed E-state index contributed by atoms with van der Waals surface area (Å²) in [6, 6.07) is 11.9. The van der Waals surface area contributed by atoms with Gasteiger partial charge in [-0.3, -0.25) is 9.89 Å². The summed E-state index contributed by atoms with van der Waals surface area (Å²) in [6.07, 6.45) is 0. The fourth-order valence-corrected chi connectivity index (χ4v) is 3.23. The normalized spacial score (nSPS) is 11.2. The molecule has 2 aromatic carbocycles. The standard InChI is InChI=1S/C20H16Cl2N8O2/c1-10-3-8-14(15(31)9-10)27-28-16-11(2)29-30(17(16)32)13-6-4-12(5-7-13)23-20-25-18(21)24-19(22)26-20/h3-9,29,31H,1-2H3,(H,23,24,25,26). The third-order valence-electron chi connectivity index (χ3n) is 4.39. The molecule has 32 heavy (non-hydrogen) atoms. The summed E-state index contributed by atoms with van der Waals surface area (Å²) in [5, 5.41) is 23.9. The van der Waals surface area contributed by atoms with E-state index < -0.39 is 0 Å². The van der Waals surface area contributed by atoms with Gasteiger partial charge in [0, 0.05) is 5.69 Å². The van der Waals surface area contributed by atoms with Crippen LogP contribution in [0.2, 0.25) is 10.6 Å². The molecule has 0 unspecified atom stereocenters. The summed E-state index contributed by atoms with van der Waals surface area (Å²) in [7, 11) is 0. The molecule has 4 aromatic rings. The molecule has 12 heteroatoms. The zero-order valence-electron chi connectivity index (χ0n) is 16.8. The van der Waals surface area contributed by atoms with Crippen LogP contribution in [0.4, 0.5) is 23.0 Å². The van der Waals surface area contributed by atoms with Gasteiger partial charge in [-0.15, -0.1) is 10.2 Å². The van der Waals surface area contributed by atoms with Crippen LogP contribution in [-0.2, 0) is 0 Å². The Bertz CT molecular complexity index is 1360. The third-order valence-corrected chi connectivity index (χ3v) is 4.73. The number of phenolic OH excluding ortho intramolecular Hbond substituents is 1. The topological polar surface area (TPSA) is 133 Å². The number of nitrogens with zero attached hydrogens (tertiary/aromatic N) is 6. The van der Waals surface area contributed by atoms with Crippen molar-refractivity contribution in [3.8, 4) is 11.4 Å². The van der Waals surface area contributed by atoms with Crippen LogP contribution >= 0.6 is 23.2 Å². The number of aromatic hydroxyl groups is 1. The van der Waals surface area contributed by atoms with Gasteiger partial charge in [-0.2, -0.15) is 15.0 Å². The maximum atomic E-state index is 12.8. The molecule has 0 radical (unpaired) electrons. The minimum absolute atomic E-state index is 0.00824. The lowest BCUT2D eigenvalue weighted by molar-refractivity contribution is 0.476. The first-order chi connectivity index (χ1) is 15.3. The molecule has 0 spiro atoms. The van der Waals surface area contributed by atoms with Gasteiger partial charge in [-0.05, 0) is 79.0 Å². The van der Waals surface area contributed by atoms with Crippen LogP contribution < -0.4 is 10.9 Å². The minimum atomic E-state index is -0.380. The monoisotopic (exact) mass is 470 g/mol. The molecule has 0 aliphatic carbocycles. The maximum absolute atomic E-state index is 12.8. The van der Waals surface area contributed by atoms with E-state index in [4.69, 9.17) is 23.2 Å². The number of benzene rings is 2. The quantitative estimate of drug-likeness (QED) is 0.345. The highest BCUT2D eigenvalue weighted by Crippen LogP contribution is 2.29. The maximum Gasteiger partial charge on any atom is 0.299 e. The van der Waals surface area contributed by atoms with Crippen molar-refractivity contribution in [2.24, 2.45) is 10.2 Å². The molecule has 0 bridgehead atoms. The number of aromatic amines is 1. The fraction of sp³-hybridized carbons (Fsp3) is 0.100. The first-order valence-corrected chi connectivity index (χ1v) is 10.0. The van der Waals surface area contributed by atoms with Gasteiger partial charge >= 0.3 is 0 Å². The lowest BCUT2D eigenvalue weighted by Crippen LogP contribution is -2.14. The summed E-state index contributed by atoms with van der Waals surface area (Å²) in [5.41, 5.74) is 2.68. The highest BCUT2D eigenvalue weighted by molar-refractivity contribution is 6.31. The van der Waals surface area contributed by atoms with E-state index in [1.54, 1.807) is 49.4 Å². The number of halogens is 2. The average molecular weight is 471 g/mol. The average Bonchev–Trinajstić information content (AvgIpc) is 3.01. The molecule has 3 N–H and O–H groups in total. The number of hydrogen-bond donors (Lipinski definition) is 3. The highest BCUT2D eigenvalue weighted by atomic mass is 35.5. The van der Waals surface area contributed by atoms with E-state index >= 15 is 0 Å². The number of H-pyrrole nitrogens is 1. The molecule has 162 valence electrons. The zero-order valence-corrected chi connectivity index (χ0v) is 18.3. The Morgan fingerprint density at radius 2 is 1.69 bits per heavy atom. The first kappa shape index (κ1) is 21.5. The van der Waals surface area contributed by atoms with E-state index in [1.807, 2.05) is 6.92 Å². The summed E-state index contributed by atoms with van der Waals surface area (Å²) in [4.78, 5) is 24.4. The molecule has 2 aromatic heterocycles. The number of aromatic nitrogens is 5. The first-order valence-electron chi connectivity index (χ1n) is 9.27. The van der Waals surface area contributed by atoms with Gasteiger partial charge in [0.25, 0.3) is 5.56 Å². The van der Waals surface area contributed by atoms with Gasteiger partial charge in [0.05, 0.1) is 11.4 Å². The molecule has 0 amide bonds. The van der Waals surface area contributed by atoms with Crippen molar-refractivity contribution in [2.75, 3.05) is 5.32 Å². The molecule has 0 aliphatic heterocycles. The molecule has 0 aliphatic rings. The number of hydrogen-bond acceptors (Lipinski definition) is 8. The largest absolute Gasteiger partial charge is 0.506 e. The van der Waals surface area contributed by atoms with Crippen molar-refractivity contribution in [1.82, 2.24) is 24.7 Å². The van der Waals surface area contributed by atoms with Gasteiger partial charge in [-0.1, -0.05) is 6.07 Å². The van der Waals surface area contributed by atoms with Crippen LogP contribution in [0, 0.1) is 13.8 Å². The number of phenols is 1. The van der Waals surface area contributed by atoms with Crippen molar-refractivity contribution in [3.63, 3.8) is 0 Å². The fourth-order valence-electron chi connectivity index (χ4n) is 2.86. The SMILES string of the molecule is Cc1ccc(N=Nc2c(C)[nH]n(-c3ccc(Nc4nc(Cl)nc(Cl)n4)cc3)c2=O)c(O)c1. The zero-order chi connectivity index (χ0) is 22.8. The number of rotatable bonds is 5. The number of nitrogens with one attached hydrogen (secondary N) is 2. The van der Waals surface area contributed by atoms with Crippen LogP contribution in [0.15, 0.2) is 57.5 Å². The van der Waals surface area contributed by atoms with Crippen molar-refractivity contribution >= 4 is 46.2 Å². The van der Waals surface area contributed by atoms with E-state index in [-0.39, 0.29) is 39.2 Å². The van der Waals surface area contributed by atoms with Crippen LogP contribution in [-0.4, -0.2) is 29.8 Å². The third kappa shape index (κ3) is 4.61. The predicted octanol–water partition coefficient (Wildman–Crippen LogP) is 5.14. The Balaban J connectivity index is 1.58. The molecular weight excluding hydrogens is 455 g/mol. The molecule has 0 saturated heterocycles. The van der Waals surface area contributed by atoms with Gasteiger partial charge in [0.15, 0.2) is 5.69 Å². The summed E-state index contributed by atoms with van der Waals surface area (Å²) in [5.74, 6) is 0.184. The lowest BCUT2D eigenvalue weighted by Gasteiger charge is -2.06. The number of aryl methyl sites for hydroxylation is 2. The van der Waals surface area contributed by atoms with Crippen molar-refractivity contribution in [1.29, 1.82) is 0 Å². The van der Waals surface area contributed by atoms with Crippen molar-refractivity contribution < 1.29 is 5.11 Å². The minimum Gasteiger partial charge on any atom is -0.506 e. The smallest absolute Gasteiger partial charge is 0.299 e. The van der Waals surface area contributed by atoms with Gasteiger partial charge in [0.1, 0.15) is 11.4 Å². The van der Waals surface area contributed by atoms with Gasteiger partial charge < -0.3 is 10.4 Å². The van der Waals surface area contributed by atoms with Crippen LogP contribution in [0.3, 0.4) is 0 Å². The number of anilines is 2. The molecule has 10 nitrogen and oxygen atoms in total. The molecule has 0 fully saturated rings. The second kappa shape index (κ2) is 8.77. The van der Waals surface area contributed by atoms with Crippen LogP contribution in [0.1, 0.15) is 11.3 Å². The molecule has 0 atom stereocenters. The Kier molecular flexibility index (Phi) is 5.89. The van der Waals surface area contributed by atoms with Crippen LogP contribution in [0.5, 0.6) is 5.75 Å². The van der Waals surface area contributed by atoms with Gasteiger partial charge in [0.2, 0.25) is 16.5 Å². The second-order valence-electron chi connectivity index (χ2n) is 6.79. The van der Waals surface area contributed by atoms with E-state index in [1.165, 1.54) is 4.68 Å². The van der Waals surface area contributed by atoms with Crippen molar-refractivity contribution in [2.45, 2.75) is 13.8 Å². The summed E-state index contributed by atoms with van der Waals surface area (Å²) in [6.45, 7) is 3.57. The Labute approximate surface area is 191 Å². The Morgan fingerprint density at radius 1 is 1.00 bits per heavy atom.